The highest BCUT2D eigenvalue weighted by Crippen LogP contribution is 2.42. The highest BCUT2D eigenvalue weighted by atomic mass is 31.2. The van der Waals surface area contributed by atoms with E-state index in [-0.39, 0.29) is 11.1 Å². The predicted molar refractivity (Wildman–Crippen MR) is 85.5 cm³/mol. The van der Waals surface area contributed by atoms with Gasteiger partial charge >= 0.3 is 31.7 Å². The number of carbonyl (C=O) groups excluding carboxylic acids is 4. The summed E-state index contributed by atoms with van der Waals surface area (Å²) >= 11 is 0. The number of hydrogen-bond acceptors (Lipinski definition) is 11. The molecule has 0 saturated heterocycles. The van der Waals surface area contributed by atoms with Crippen molar-refractivity contribution in [2.45, 2.75) is 13.8 Å². The SMILES string of the molecule is C=C(C)C(=O)OCOC(=O)COP(=O)(O)OCC(=O)OCOC(=O)C(=C)C. The fraction of sp³-hybridized carbons (Fsp3) is 0.429. The molecule has 12 nitrogen and oxygen atoms in total. The van der Waals surface area contributed by atoms with Gasteiger partial charge in [0.2, 0.25) is 13.6 Å². The standard InChI is InChI=1S/C14H19O12P/c1-9(2)13(17)23-7-21-11(15)5-25-27(19,20)26-6-12(16)22-8-24-14(18)10(3)4/h1,3,5-8H2,2,4H3,(H,19,20). The monoisotopic (exact) mass is 410 g/mol. The number of phosphoric ester groups is 1. The second kappa shape index (κ2) is 12.0. The van der Waals surface area contributed by atoms with Gasteiger partial charge in [0.15, 0.2) is 13.2 Å². The highest BCUT2D eigenvalue weighted by molar-refractivity contribution is 7.47. The van der Waals surface area contributed by atoms with Crippen molar-refractivity contribution in [2.24, 2.45) is 0 Å². The van der Waals surface area contributed by atoms with Crippen LogP contribution < -0.4 is 0 Å². The molecule has 0 saturated carbocycles. The van der Waals surface area contributed by atoms with Crippen LogP contribution >= 0.6 is 7.82 Å². The van der Waals surface area contributed by atoms with Crippen molar-refractivity contribution in [2.75, 3.05) is 26.8 Å². The first-order chi connectivity index (χ1) is 12.4. The summed E-state index contributed by atoms with van der Waals surface area (Å²) in [6, 6.07) is 0. The molecule has 0 aromatic carbocycles. The number of ether oxygens (including phenoxy) is 4. The maximum atomic E-state index is 11.5. The van der Waals surface area contributed by atoms with Gasteiger partial charge in [-0.3, -0.25) is 9.05 Å². The molecule has 152 valence electrons. The maximum absolute atomic E-state index is 11.5. The van der Waals surface area contributed by atoms with Crippen molar-refractivity contribution in [3.05, 3.63) is 24.3 Å². The average molecular weight is 410 g/mol. The topological polar surface area (TPSA) is 161 Å². The van der Waals surface area contributed by atoms with E-state index < -0.39 is 58.5 Å². The van der Waals surface area contributed by atoms with Crippen molar-refractivity contribution in [1.82, 2.24) is 0 Å². The highest BCUT2D eigenvalue weighted by Gasteiger charge is 2.25. The second-order valence-corrected chi connectivity index (χ2v) is 6.16. The zero-order valence-corrected chi connectivity index (χ0v) is 15.5. The van der Waals surface area contributed by atoms with Gasteiger partial charge < -0.3 is 23.8 Å². The van der Waals surface area contributed by atoms with Crippen LogP contribution in [0.1, 0.15) is 13.8 Å². The molecule has 0 spiro atoms. The van der Waals surface area contributed by atoms with Crippen LogP contribution in [0.5, 0.6) is 0 Å². The zero-order valence-electron chi connectivity index (χ0n) is 14.6. The third-order valence-corrected chi connectivity index (χ3v) is 3.12. The lowest BCUT2D eigenvalue weighted by Gasteiger charge is -2.12. The van der Waals surface area contributed by atoms with E-state index in [0.29, 0.717) is 0 Å². The maximum Gasteiger partial charge on any atom is 0.473 e. The molecule has 0 heterocycles. The van der Waals surface area contributed by atoms with Gasteiger partial charge in [0.05, 0.1) is 0 Å². The number of hydrogen-bond donors (Lipinski definition) is 1. The number of esters is 4. The Morgan fingerprint density at radius 2 is 1.11 bits per heavy atom. The van der Waals surface area contributed by atoms with E-state index in [9.17, 15) is 28.6 Å². The van der Waals surface area contributed by atoms with Crippen LogP contribution in [0.3, 0.4) is 0 Å². The van der Waals surface area contributed by atoms with Crippen molar-refractivity contribution in [3.63, 3.8) is 0 Å². The molecule has 0 aromatic heterocycles. The molecule has 0 bridgehead atoms. The smallest absolute Gasteiger partial charge is 0.426 e. The Bertz CT molecular complexity index is 600. The van der Waals surface area contributed by atoms with Crippen LogP contribution in [-0.2, 0) is 51.7 Å². The van der Waals surface area contributed by atoms with Gasteiger partial charge in [0.1, 0.15) is 0 Å². The third kappa shape index (κ3) is 12.5. The molecule has 0 aromatic rings. The van der Waals surface area contributed by atoms with Gasteiger partial charge in [-0.1, -0.05) is 13.2 Å². The van der Waals surface area contributed by atoms with Crippen LogP contribution in [0.15, 0.2) is 24.3 Å². The van der Waals surface area contributed by atoms with Crippen LogP contribution in [-0.4, -0.2) is 55.6 Å². The third-order valence-electron chi connectivity index (χ3n) is 2.21. The minimum absolute atomic E-state index is 0.0804. The lowest BCUT2D eigenvalue weighted by molar-refractivity contribution is -0.167. The number of phosphoric acid groups is 1. The number of rotatable bonds is 12. The van der Waals surface area contributed by atoms with Gasteiger partial charge in [-0.25, -0.2) is 23.7 Å². The first-order valence-corrected chi connectivity index (χ1v) is 8.52. The summed E-state index contributed by atoms with van der Waals surface area (Å²) in [5.74, 6) is -3.88. The summed E-state index contributed by atoms with van der Waals surface area (Å²) < 4.78 is 37.7. The normalized spacial score (nSPS) is 10.5. The fourth-order valence-electron chi connectivity index (χ4n) is 0.933. The Balaban J connectivity index is 4.03. The van der Waals surface area contributed by atoms with E-state index >= 15 is 0 Å². The molecule has 1 N–H and O–H groups in total. The second-order valence-electron chi connectivity index (χ2n) is 4.71. The Morgan fingerprint density at radius 1 is 0.778 bits per heavy atom. The van der Waals surface area contributed by atoms with E-state index in [4.69, 9.17) is 0 Å². The van der Waals surface area contributed by atoms with Crippen molar-refractivity contribution >= 4 is 31.7 Å². The zero-order chi connectivity index (χ0) is 21.0. The number of carbonyl (C=O) groups is 4. The molecular formula is C14H19O12P. The van der Waals surface area contributed by atoms with E-state index in [1.807, 2.05) is 0 Å². The Labute approximate surface area is 154 Å². The van der Waals surface area contributed by atoms with E-state index in [1.54, 1.807) is 0 Å². The summed E-state index contributed by atoms with van der Waals surface area (Å²) in [7, 11) is -4.78. The van der Waals surface area contributed by atoms with Crippen LogP contribution in [0, 0.1) is 0 Å². The molecule has 13 heteroatoms. The molecule has 0 aliphatic rings. The van der Waals surface area contributed by atoms with E-state index in [0.717, 1.165) is 0 Å². The van der Waals surface area contributed by atoms with Crippen molar-refractivity contribution in [3.8, 4) is 0 Å². The van der Waals surface area contributed by atoms with Gasteiger partial charge in [-0.15, -0.1) is 0 Å². The van der Waals surface area contributed by atoms with Gasteiger partial charge in [-0.2, -0.15) is 0 Å². The molecule has 0 radical (unpaired) electrons. The summed E-state index contributed by atoms with van der Waals surface area (Å²) in [5.41, 5.74) is 0.161. The largest absolute Gasteiger partial charge is 0.473 e. The first kappa shape index (κ1) is 24.5. The van der Waals surface area contributed by atoms with Gasteiger partial charge in [-0.05, 0) is 13.8 Å². The predicted octanol–water partition coefficient (Wildman–Crippen LogP) is 0.360. The van der Waals surface area contributed by atoms with Gasteiger partial charge in [0.25, 0.3) is 0 Å². The average Bonchev–Trinajstić information content (AvgIpc) is 2.58. The molecule has 0 unspecified atom stereocenters. The molecule has 0 aliphatic carbocycles. The lowest BCUT2D eigenvalue weighted by Crippen LogP contribution is -2.18. The molecular weight excluding hydrogens is 391 g/mol. The minimum atomic E-state index is -4.78. The van der Waals surface area contributed by atoms with Crippen LogP contribution in [0.25, 0.3) is 0 Å². The van der Waals surface area contributed by atoms with Gasteiger partial charge in [0, 0.05) is 11.1 Å². The molecule has 0 rings (SSSR count). The molecule has 0 fully saturated rings. The quantitative estimate of drug-likeness (QED) is 0.204. The summed E-state index contributed by atoms with van der Waals surface area (Å²) in [4.78, 5) is 53.8. The summed E-state index contributed by atoms with van der Waals surface area (Å²) in [6.45, 7) is 5.80. The molecule has 0 atom stereocenters. The molecule has 0 aliphatic heterocycles. The Hall–Kier alpha value is -2.53. The Kier molecular flexibility index (Phi) is 10.8. The summed E-state index contributed by atoms with van der Waals surface area (Å²) in [6.07, 6.45) is 0. The molecule has 27 heavy (non-hydrogen) atoms. The van der Waals surface area contributed by atoms with Crippen LogP contribution in [0.2, 0.25) is 0 Å². The van der Waals surface area contributed by atoms with E-state index in [1.165, 1.54) is 13.8 Å². The minimum Gasteiger partial charge on any atom is -0.426 e. The Morgan fingerprint density at radius 3 is 1.41 bits per heavy atom. The van der Waals surface area contributed by atoms with E-state index in [2.05, 4.69) is 41.2 Å². The lowest BCUT2D eigenvalue weighted by atomic mass is 10.4. The van der Waals surface area contributed by atoms with Crippen molar-refractivity contribution < 1.29 is 56.6 Å². The molecule has 0 amide bonds. The fourth-order valence-corrected chi connectivity index (χ4v) is 1.54. The van der Waals surface area contributed by atoms with Crippen LogP contribution in [0.4, 0.5) is 0 Å². The first-order valence-electron chi connectivity index (χ1n) is 7.03. The van der Waals surface area contributed by atoms with Crippen molar-refractivity contribution in [1.29, 1.82) is 0 Å². The summed E-state index contributed by atoms with van der Waals surface area (Å²) in [5, 5.41) is 0.